The largest absolute Gasteiger partial charge is 0.508 e. The van der Waals surface area contributed by atoms with E-state index in [9.17, 15) is 18.7 Å². The number of rotatable bonds is 9. The summed E-state index contributed by atoms with van der Waals surface area (Å²) in [6, 6.07) is 19.5. The first-order chi connectivity index (χ1) is 20.2. The van der Waals surface area contributed by atoms with Crippen molar-refractivity contribution in [3.8, 4) is 34.1 Å². The molecule has 1 N–H and O–H groups in total. The fourth-order valence-electron chi connectivity index (χ4n) is 4.84. The molecule has 214 valence electrons. The summed E-state index contributed by atoms with van der Waals surface area (Å²) in [5, 5.41) is 9.31. The lowest BCUT2D eigenvalue weighted by Gasteiger charge is -2.22. The molecule has 0 atom stereocenters. The SMILES string of the molecule is COc1ccc(C=CC(=O)Oc2ccc3c(c2)C(C)(C)c2cc(OCOC=Cc4ccc(O)cc4F)ccc2-3)c(F)c1. The first-order valence-electron chi connectivity index (χ1n) is 13.1. The quantitative estimate of drug-likeness (QED) is 0.0557. The van der Waals surface area contributed by atoms with Gasteiger partial charge in [-0.25, -0.2) is 13.6 Å². The topological polar surface area (TPSA) is 74.2 Å². The van der Waals surface area contributed by atoms with E-state index in [1.165, 1.54) is 55.9 Å². The van der Waals surface area contributed by atoms with E-state index in [0.29, 0.717) is 17.2 Å². The van der Waals surface area contributed by atoms with Crippen LogP contribution in [-0.2, 0) is 14.9 Å². The molecule has 0 saturated carbocycles. The number of hydrogen-bond donors (Lipinski definition) is 1. The van der Waals surface area contributed by atoms with Gasteiger partial charge in [0.25, 0.3) is 0 Å². The zero-order valence-corrected chi connectivity index (χ0v) is 23.2. The Labute approximate surface area is 242 Å². The summed E-state index contributed by atoms with van der Waals surface area (Å²) in [6.07, 6.45) is 5.31. The average molecular weight is 571 g/mol. The maximum Gasteiger partial charge on any atom is 0.336 e. The summed E-state index contributed by atoms with van der Waals surface area (Å²) < 4.78 is 49.6. The molecule has 0 radical (unpaired) electrons. The molecule has 8 heteroatoms. The summed E-state index contributed by atoms with van der Waals surface area (Å²) in [7, 11) is 1.45. The standard InChI is InChI=1S/C34H28F2O6/c1-34(2)29-17-25(41-20-40-15-14-22-4-7-23(37)16-31(22)35)9-11-27(29)28-12-10-26(18-30(28)34)42-33(38)13-6-21-5-8-24(39-3)19-32(21)36/h4-19,37H,20H2,1-3H3. The normalized spacial score (nSPS) is 13.2. The van der Waals surface area contributed by atoms with Crippen LogP contribution in [0.3, 0.4) is 0 Å². The highest BCUT2D eigenvalue weighted by molar-refractivity contribution is 5.89. The Morgan fingerprint density at radius 3 is 2.12 bits per heavy atom. The van der Waals surface area contributed by atoms with Gasteiger partial charge in [-0.3, -0.25) is 0 Å². The summed E-state index contributed by atoms with van der Waals surface area (Å²) in [4.78, 5) is 12.5. The molecule has 0 heterocycles. The van der Waals surface area contributed by atoms with Crippen molar-refractivity contribution >= 4 is 18.1 Å². The highest BCUT2D eigenvalue weighted by Crippen LogP contribution is 2.50. The molecule has 0 fully saturated rings. The highest BCUT2D eigenvalue weighted by atomic mass is 19.1. The van der Waals surface area contributed by atoms with E-state index in [1.807, 2.05) is 30.3 Å². The minimum absolute atomic E-state index is 0.0869. The zero-order valence-electron chi connectivity index (χ0n) is 23.2. The second-order valence-corrected chi connectivity index (χ2v) is 10.1. The number of phenolic OH excluding ortho intramolecular Hbond substituents is 1. The van der Waals surface area contributed by atoms with Crippen LogP contribution in [0.25, 0.3) is 23.3 Å². The number of ether oxygens (including phenoxy) is 4. The minimum atomic E-state index is -0.628. The monoisotopic (exact) mass is 570 g/mol. The van der Waals surface area contributed by atoms with Crippen LogP contribution in [0.5, 0.6) is 23.0 Å². The molecular weight excluding hydrogens is 542 g/mol. The van der Waals surface area contributed by atoms with Gasteiger partial charge in [0.2, 0.25) is 6.79 Å². The molecule has 5 rings (SSSR count). The van der Waals surface area contributed by atoms with Crippen molar-refractivity contribution in [3.05, 3.63) is 119 Å². The van der Waals surface area contributed by atoms with E-state index in [0.717, 1.165) is 28.3 Å². The molecule has 0 bridgehead atoms. The fraction of sp³-hybridized carbons (Fsp3) is 0.147. The van der Waals surface area contributed by atoms with Gasteiger partial charge in [0.05, 0.1) is 13.4 Å². The molecule has 0 saturated heterocycles. The predicted molar refractivity (Wildman–Crippen MR) is 155 cm³/mol. The molecule has 4 aromatic carbocycles. The molecule has 42 heavy (non-hydrogen) atoms. The second kappa shape index (κ2) is 11.8. The number of aromatic hydroxyl groups is 1. The molecule has 1 aliphatic rings. The number of carbonyl (C=O) groups is 1. The Bertz CT molecular complexity index is 1710. The molecule has 4 aromatic rings. The van der Waals surface area contributed by atoms with Crippen LogP contribution in [0.4, 0.5) is 8.78 Å². The fourth-order valence-corrected chi connectivity index (χ4v) is 4.84. The van der Waals surface area contributed by atoms with E-state index in [-0.39, 0.29) is 23.7 Å². The average Bonchev–Trinajstić information content (AvgIpc) is 3.18. The van der Waals surface area contributed by atoms with Crippen molar-refractivity contribution in [1.29, 1.82) is 0 Å². The van der Waals surface area contributed by atoms with Crippen LogP contribution in [0, 0.1) is 11.6 Å². The maximum atomic E-state index is 14.2. The van der Waals surface area contributed by atoms with Crippen LogP contribution in [0.1, 0.15) is 36.1 Å². The smallest absolute Gasteiger partial charge is 0.336 e. The molecule has 6 nitrogen and oxygen atoms in total. The lowest BCUT2D eigenvalue weighted by Crippen LogP contribution is -2.15. The Morgan fingerprint density at radius 1 is 0.810 bits per heavy atom. The van der Waals surface area contributed by atoms with Crippen LogP contribution in [-0.4, -0.2) is 25.0 Å². The van der Waals surface area contributed by atoms with Gasteiger partial charge >= 0.3 is 5.97 Å². The van der Waals surface area contributed by atoms with Gasteiger partial charge in [0.15, 0.2) is 0 Å². The first-order valence-corrected chi connectivity index (χ1v) is 13.1. The number of benzene rings is 4. The van der Waals surface area contributed by atoms with Gasteiger partial charge < -0.3 is 24.1 Å². The third kappa shape index (κ3) is 5.98. The molecule has 1 aliphatic carbocycles. The van der Waals surface area contributed by atoms with Crippen molar-refractivity contribution in [1.82, 2.24) is 0 Å². The number of carbonyl (C=O) groups excluding carboxylic acids is 1. The highest BCUT2D eigenvalue weighted by Gasteiger charge is 2.36. The van der Waals surface area contributed by atoms with Crippen molar-refractivity contribution in [3.63, 3.8) is 0 Å². The van der Waals surface area contributed by atoms with Crippen LogP contribution in [0.2, 0.25) is 0 Å². The molecule has 0 unspecified atom stereocenters. The van der Waals surface area contributed by atoms with Gasteiger partial charge in [0.1, 0.15) is 34.6 Å². The van der Waals surface area contributed by atoms with E-state index >= 15 is 0 Å². The summed E-state index contributed by atoms with van der Waals surface area (Å²) in [5.74, 6) is -0.485. The van der Waals surface area contributed by atoms with Crippen LogP contribution < -0.4 is 14.2 Å². The van der Waals surface area contributed by atoms with Crippen LogP contribution in [0.15, 0.2) is 85.1 Å². The number of halogens is 2. The van der Waals surface area contributed by atoms with Gasteiger partial charge in [0, 0.05) is 34.8 Å². The van der Waals surface area contributed by atoms with Crippen molar-refractivity contribution in [2.24, 2.45) is 0 Å². The molecular formula is C34H28F2O6. The Kier molecular flexibility index (Phi) is 7.97. The van der Waals surface area contributed by atoms with Crippen molar-refractivity contribution < 1.29 is 37.6 Å². The predicted octanol–water partition coefficient (Wildman–Crippen LogP) is 7.63. The summed E-state index contributed by atoms with van der Waals surface area (Å²) in [6.45, 7) is 4.06. The molecule has 0 aliphatic heterocycles. The minimum Gasteiger partial charge on any atom is -0.508 e. The summed E-state index contributed by atoms with van der Waals surface area (Å²) in [5.41, 5.74) is 4.19. The van der Waals surface area contributed by atoms with Gasteiger partial charge in [-0.2, -0.15) is 0 Å². The zero-order chi connectivity index (χ0) is 29.9. The molecule has 0 spiro atoms. The van der Waals surface area contributed by atoms with Gasteiger partial charge in [-0.15, -0.1) is 0 Å². The second-order valence-electron chi connectivity index (χ2n) is 10.1. The third-order valence-electron chi connectivity index (χ3n) is 7.07. The number of esters is 1. The van der Waals surface area contributed by atoms with Crippen molar-refractivity contribution in [2.75, 3.05) is 13.9 Å². The van der Waals surface area contributed by atoms with E-state index < -0.39 is 23.0 Å². The van der Waals surface area contributed by atoms with E-state index in [4.69, 9.17) is 18.9 Å². The Morgan fingerprint density at radius 2 is 1.43 bits per heavy atom. The molecule has 0 aromatic heterocycles. The summed E-state index contributed by atoms with van der Waals surface area (Å²) >= 11 is 0. The van der Waals surface area contributed by atoms with Crippen molar-refractivity contribution in [2.45, 2.75) is 19.3 Å². The van der Waals surface area contributed by atoms with Gasteiger partial charge in [-0.05, 0) is 82.9 Å². The van der Waals surface area contributed by atoms with E-state index in [1.54, 1.807) is 12.1 Å². The maximum absolute atomic E-state index is 14.2. The molecule has 0 amide bonds. The lowest BCUT2D eigenvalue weighted by atomic mass is 9.82. The number of hydrogen-bond acceptors (Lipinski definition) is 6. The lowest BCUT2D eigenvalue weighted by molar-refractivity contribution is -0.128. The van der Waals surface area contributed by atoms with Crippen LogP contribution >= 0.6 is 0 Å². The third-order valence-corrected chi connectivity index (χ3v) is 7.07. The Hall–Kier alpha value is -5.11. The number of methoxy groups -OCH3 is 1. The first kappa shape index (κ1) is 28.4. The van der Waals surface area contributed by atoms with E-state index in [2.05, 4.69) is 13.8 Å². The Balaban J connectivity index is 1.23. The number of fused-ring (bicyclic) bond motifs is 3. The van der Waals surface area contributed by atoms with Gasteiger partial charge in [-0.1, -0.05) is 26.0 Å². The number of phenols is 1.